The van der Waals surface area contributed by atoms with Crippen LogP contribution in [-0.2, 0) is 6.42 Å². The van der Waals surface area contributed by atoms with E-state index in [-0.39, 0.29) is 0 Å². The Morgan fingerprint density at radius 1 is 1.50 bits per heavy atom. The standard InChI is InChI=1S/C11H14BrNO/c1-14-10-4-2-3-9(11(10)12)5-8-6-13-7-8/h2-4,8,13H,5-7H2,1H3. The predicted molar refractivity (Wildman–Crippen MR) is 60.8 cm³/mol. The van der Waals surface area contributed by atoms with E-state index < -0.39 is 0 Å². The van der Waals surface area contributed by atoms with Crippen molar-refractivity contribution in [3.63, 3.8) is 0 Å². The summed E-state index contributed by atoms with van der Waals surface area (Å²) in [6.45, 7) is 2.29. The topological polar surface area (TPSA) is 21.3 Å². The van der Waals surface area contributed by atoms with Crippen LogP contribution in [0.1, 0.15) is 5.56 Å². The number of rotatable bonds is 3. The van der Waals surface area contributed by atoms with Crippen LogP contribution in [0.2, 0.25) is 0 Å². The van der Waals surface area contributed by atoms with E-state index in [4.69, 9.17) is 4.74 Å². The molecule has 0 spiro atoms. The molecule has 0 atom stereocenters. The fourth-order valence-electron chi connectivity index (χ4n) is 1.68. The highest BCUT2D eigenvalue weighted by Crippen LogP contribution is 2.30. The van der Waals surface area contributed by atoms with Gasteiger partial charge in [0.1, 0.15) is 5.75 Å². The maximum atomic E-state index is 5.26. The SMILES string of the molecule is COc1cccc(CC2CNC2)c1Br. The number of hydrogen-bond donors (Lipinski definition) is 1. The number of benzene rings is 1. The molecule has 1 N–H and O–H groups in total. The number of hydrogen-bond acceptors (Lipinski definition) is 2. The highest BCUT2D eigenvalue weighted by atomic mass is 79.9. The van der Waals surface area contributed by atoms with E-state index in [1.807, 2.05) is 12.1 Å². The minimum Gasteiger partial charge on any atom is -0.496 e. The van der Waals surface area contributed by atoms with Gasteiger partial charge in [0.05, 0.1) is 11.6 Å². The number of nitrogens with one attached hydrogen (secondary N) is 1. The summed E-state index contributed by atoms with van der Waals surface area (Å²) < 4.78 is 6.36. The molecule has 0 unspecified atom stereocenters. The summed E-state index contributed by atoms with van der Waals surface area (Å²) >= 11 is 3.58. The van der Waals surface area contributed by atoms with Crippen LogP contribution in [0.3, 0.4) is 0 Å². The van der Waals surface area contributed by atoms with Crippen molar-refractivity contribution in [2.75, 3.05) is 20.2 Å². The van der Waals surface area contributed by atoms with E-state index in [9.17, 15) is 0 Å². The van der Waals surface area contributed by atoms with Gasteiger partial charge in [-0.3, -0.25) is 0 Å². The number of methoxy groups -OCH3 is 1. The first-order valence-corrected chi connectivity index (χ1v) is 5.62. The maximum Gasteiger partial charge on any atom is 0.133 e. The highest BCUT2D eigenvalue weighted by molar-refractivity contribution is 9.10. The van der Waals surface area contributed by atoms with E-state index in [1.165, 1.54) is 5.56 Å². The van der Waals surface area contributed by atoms with Gasteiger partial charge >= 0.3 is 0 Å². The van der Waals surface area contributed by atoms with Crippen LogP contribution in [0, 0.1) is 5.92 Å². The molecule has 3 heteroatoms. The second kappa shape index (κ2) is 4.32. The first kappa shape index (κ1) is 9.99. The lowest BCUT2D eigenvalue weighted by atomic mass is 9.94. The van der Waals surface area contributed by atoms with Gasteiger partial charge in [-0.1, -0.05) is 12.1 Å². The summed E-state index contributed by atoms with van der Waals surface area (Å²) in [5.41, 5.74) is 1.34. The quantitative estimate of drug-likeness (QED) is 0.895. The van der Waals surface area contributed by atoms with E-state index >= 15 is 0 Å². The largest absolute Gasteiger partial charge is 0.496 e. The summed E-state index contributed by atoms with van der Waals surface area (Å²) in [5.74, 6) is 1.72. The van der Waals surface area contributed by atoms with Gasteiger partial charge in [-0.15, -0.1) is 0 Å². The van der Waals surface area contributed by atoms with E-state index in [2.05, 4.69) is 27.3 Å². The minimum absolute atomic E-state index is 0.790. The molecule has 1 aliphatic heterocycles. The summed E-state index contributed by atoms with van der Waals surface area (Å²) in [4.78, 5) is 0. The predicted octanol–water partition coefficient (Wildman–Crippen LogP) is 2.22. The Bertz CT molecular complexity index is 323. The average molecular weight is 256 g/mol. The molecule has 1 heterocycles. The number of ether oxygens (including phenoxy) is 1. The molecule has 1 aromatic rings. The lowest BCUT2D eigenvalue weighted by Gasteiger charge is -2.27. The molecular formula is C11H14BrNO. The summed E-state index contributed by atoms with van der Waals surface area (Å²) in [6.07, 6.45) is 1.13. The van der Waals surface area contributed by atoms with Crippen LogP contribution in [0.5, 0.6) is 5.75 Å². The molecule has 0 bridgehead atoms. The van der Waals surface area contributed by atoms with E-state index in [0.29, 0.717) is 0 Å². The summed E-state index contributed by atoms with van der Waals surface area (Å²) in [5, 5.41) is 3.28. The molecule has 76 valence electrons. The van der Waals surface area contributed by atoms with Crippen molar-refractivity contribution in [3.05, 3.63) is 28.2 Å². The monoisotopic (exact) mass is 255 g/mol. The van der Waals surface area contributed by atoms with Gasteiger partial charge < -0.3 is 10.1 Å². The molecule has 0 aliphatic carbocycles. The molecule has 0 radical (unpaired) electrons. The molecule has 1 saturated heterocycles. The van der Waals surface area contributed by atoms with Crippen molar-refractivity contribution < 1.29 is 4.74 Å². The van der Waals surface area contributed by atoms with Gasteiger partial charge in [-0.2, -0.15) is 0 Å². The smallest absolute Gasteiger partial charge is 0.133 e. The fourth-order valence-corrected chi connectivity index (χ4v) is 2.26. The van der Waals surface area contributed by atoms with E-state index in [1.54, 1.807) is 7.11 Å². The van der Waals surface area contributed by atoms with Crippen molar-refractivity contribution in [2.45, 2.75) is 6.42 Å². The average Bonchev–Trinajstić information content (AvgIpc) is 2.13. The molecule has 0 saturated carbocycles. The summed E-state index contributed by atoms with van der Waals surface area (Å²) in [7, 11) is 1.70. The first-order chi connectivity index (χ1) is 6.81. The van der Waals surface area contributed by atoms with Gasteiger partial charge in [0.2, 0.25) is 0 Å². The normalized spacial score (nSPS) is 16.4. The van der Waals surface area contributed by atoms with Crippen molar-refractivity contribution in [3.8, 4) is 5.75 Å². The van der Waals surface area contributed by atoms with Gasteiger partial charge in [0.15, 0.2) is 0 Å². The van der Waals surface area contributed by atoms with Crippen LogP contribution in [0.25, 0.3) is 0 Å². The van der Waals surface area contributed by atoms with Crippen LogP contribution in [0.4, 0.5) is 0 Å². The van der Waals surface area contributed by atoms with Crippen molar-refractivity contribution in [1.29, 1.82) is 0 Å². The Morgan fingerprint density at radius 2 is 2.29 bits per heavy atom. The van der Waals surface area contributed by atoms with Crippen LogP contribution < -0.4 is 10.1 Å². The lowest BCUT2D eigenvalue weighted by Crippen LogP contribution is -2.43. The summed E-state index contributed by atoms with van der Waals surface area (Å²) in [6, 6.07) is 6.18. The molecular weight excluding hydrogens is 242 g/mol. The van der Waals surface area contributed by atoms with Crippen molar-refractivity contribution >= 4 is 15.9 Å². The zero-order valence-corrected chi connectivity index (χ0v) is 9.80. The molecule has 14 heavy (non-hydrogen) atoms. The third-order valence-electron chi connectivity index (χ3n) is 2.64. The molecule has 1 aromatic carbocycles. The van der Waals surface area contributed by atoms with Gasteiger partial charge in [-0.25, -0.2) is 0 Å². The third kappa shape index (κ3) is 1.93. The van der Waals surface area contributed by atoms with Crippen molar-refractivity contribution in [2.24, 2.45) is 5.92 Å². The Labute approximate surface area is 92.8 Å². The zero-order chi connectivity index (χ0) is 9.97. The Balaban J connectivity index is 2.15. The van der Waals surface area contributed by atoms with Crippen molar-refractivity contribution in [1.82, 2.24) is 5.32 Å². The Kier molecular flexibility index (Phi) is 3.08. The van der Waals surface area contributed by atoms with E-state index in [0.717, 1.165) is 35.7 Å². The molecule has 2 nitrogen and oxygen atoms in total. The minimum atomic E-state index is 0.790. The van der Waals surface area contributed by atoms with Gasteiger partial charge in [0, 0.05) is 0 Å². The Morgan fingerprint density at radius 3 is 2.86 bits per heavy atom. The maximum absolute atomic E-state index is 5.26. The number of halogens is 1. The zero-order valence-electron chi connectivity index (χ0n) is 8.22. The van der Waals surface area contributed by atoms with Crippen LogP contribution >= 0.6 is 15.9 Å². The second-order valence-electron chi connectivity index (χ2n) is 3.66. The first-order valence-electron chi connectivity index (χ1n) is 4.83. The van der Waals surface area contributed by atoms with Gasteiger partial charge in [-0.05, 0) is 53.0 Å². The van der Waals surface area contributed by atoms with Crippen LogP contribution in [-0.4, -0.2) is 20.2 Å². The highest BCUT2D eigenvalue weighted by Gasteiger charge is 2.18. The molecule has 1 aliphatic rings. The molecule has 1 fully saturated rings. The third-order valence-corrected chi connectivity index (χ3v) is 3.54. The fraction of sp³-hybridized carbons (Fsp3) is 0.455. The van der Waals surface area contributed by atoms with Crippen LogP contribution in [0.15, 0.2) is 22.7 Å². The van der Waals surface area contributed by atoms with Gasteiger partial charge in [0.25, 0.3) is 0 Å². The molecule has 2 rings (SSSR count). The lowest BCUT2D eigenvalue weighted by molar-refractivity contribution is 0.345. The molecule has 0 aromatic heterocycles. The Hall–Kier alpha value is -0.540. The second-order valence-corrected chi connectivity index (χ2v) is 4.45. The molecule has 0 amide bonds.